The summed E-state index contributed by atoms with van der Waals surface area (Å²) in [5.41, 5.74) is 7.17. The number of nitrogens with two attached hydrogens (primary N) is 1. The molecule has 0 saturated carbocycles. The maximum atomic E-state index is 6.41. The van der Waals surface area contributed by atoms with Crippen molar-refractivity contribution >= 4 is 23.2 Å². The van der Waals surface area contributed by atoms with Crippen LogP contribution < -0.4 is 5.73 Å². The van der Waals surface area contributed by atoms with E-state index in [4.69, 9.17) is 28.9 Å². The van der Waals surface area contributed by atoms with E-state index in [1.54, 1.807) is 0 Å². The molecule has 0 aromatic heterocycles. The van der Waals surface area contributed by atoms with Gasteiger partial charge in [-0.25, -0.2) is 0 Å². The molecule has 0 radical (unpaired) electrons. The topological polar surface area (TPSA) is 29.3 Å². The van der Waals surface area contributed by atoms with Crippen LogP contribution in [0.1, 0.15) is 37.8 Å². The molecule has 2 atom stereocenters. The van der Waals surface area contributed by atoms with Crippen LogP contribution in [0.25, 0.3) is 0 Å². The van der Waals surface area contributed by atoms with Crippen molar-refractivity contribution in [3.05, 3.63) is 33.8 Å². The highest BCUT2D eigenvalue weighted by atomic mass is 35.5. The number of rotatable bonds is 3. The zero-order valence-corrected chi connectivity index (χ0v) is 12.9. The molecule has 0 bridgehead atoms. The Morgan fingerprint density at radius 2 is 2.11 bits per heavy atom. The lowest BCUT2D eigenvalue weighted by molar-refractivity contribution is 0.166. The van der Waals surface area contributed by atoms with Gasteiger partial charge in [0.05, 0.1) is 0 Å². The lowest BCUT2D eigenvalue weighted by Gasteiger charge is -2.34. The number of likely N-dealkylation sites (tertiary alicyclic amines) is 1. The average Bonchev–Trinajstić information content (AvgIpc) is 2.60. The maximum absolute atomic E-state index is 6.41. The predicted octanol–water partition coefficient (Wildman–Crippen LogP) is 4.12. The normalized spacial score (nSPS) is 25.3. The molecule has 1 heterocycles. The fraction of sp³-hybridized carbons (Fsp3) is 0.600. The summed E-state index contributed by atoms with van der Waals surface area (Å²) in [6.07, 6.45) is 3.67. The third-order valence-electron chi connectivity index (χ3n) is 4.10. The first-order chi connectivity index (χ1) is 9.17. The number of halogens is 2. The van der Waals surface area contributed by atoms with E-state index in [2.05, 4.69) is 17.9 Å². The van der Waals surface area contributed by atoms with Gasteiger partial charge in [-0.15, -0.1) is 0 Å². The van der Waals surface area contributed by atoms with Gasteiger partial charge in [0.2, 0.25) is 0 Å². The molecule has 1 aromatic carbocycles. The standard InChI is InChI=1S/C15H22Cl2N2/c1-2-19-8-4-3-5-11(10-18)15(19)13-7-6-12(16)9-14(13)17/h6-7,9,11,15H,2-5,8,10,18H2,1H3. The number of nitrogens with zero attached hydrogens (tertiary/aromatic N) is 1. The zero-order valence-electron chi connectivity index (χ0n) is 11.4. The van der Waals surface area contributed by atoms with Crippen molar-refractivity contribution in [1.82, 2.24) is 4.90 Å². The first kappa shape index (κ1) is 15.1. The SMILES string of the molecule is CCN1CCCCC(CN)C1c1ccc(Cl)cc1Cl. The molecule has 0 spiro atoms. The van der Waals surface area contributed by atoms with E-state index in [0.29, 0.717) is 23.5 Å². The van der Waals surface area contributed by atoms with Gasteiger partial charge in [-0.05, 0) is 56.1 Å². The van der Waals surface area contributed by atoms with Gasteiger partial charge in [-0.2, -0.15) is 0 Å². The minimum atomic E-state index is 0.322. The van der Waals surface area contributed by atoms with Crippen molar-refractivity contribution in [1.29, 1.82) is 0 Å². The van der Waals surface area contributed by atoms with E-state index in [9.17, 15) is 0 Å². The van der Waals surface area contributed by atoms with Crippen LogP contribution in [-0.2, 0) is 0 Å². The second kappa shape index (κ2) is 6.94. The van der Waals surface area contributed by atoms with Gasteiger partial charge in [0.25, 0.3) is 0 Å². The fourth-order valence-corrected chi connectivity index (χ4v) is 3.63. The molecule has 2 N–H and O–H groups in total. The molecular formula is C15H22Cl2N2. The number of hydrogen-bond acceptors (Lipinski definition) is 2. The lowest BCUT2D eigenvalue weighted by atomic mass is 9.89. The van der Waals surface area contributed by atoms with Crippen LogP contribution in [0.3, 0.4) is 0 Å². The quantitative estimate of drug-likeness (QED) is 0.910. The Morgan fingerprint density at radius 1 is 1.32 bits per heavy atom. The minimum absolute atomic E-state index is 0.322. The molecule has 0 amide bonds. The summed E-state index contributed by atoms with van der Waals surface area (Å²) >= 11 is 12.4. The Labute approximate surface area is 125 Å². The van der Waals surface area contributed by atoms with E-state index < -0.39 is 0 Å². The third-order valence-corrected chi connectivity index (χ3v) is 4.66. The minimum Gasteiger partial charge on any atom is -0.330 e. The summed E-state index contributed by atoms with van der Waals surface area (Å²) < 4.78 is 0. The summed E-state index contributed by atoms with van der Waals surface area (Å²) in [6.45, 7) is 5.06. The van der Waals surface area contributed by atoms with Crippen LogP contribution in [0.2, 0.25) is 10.0 Å². The third kappa shape index (κ3) is 3.43. The maximum Gasteiger partial charge on any atom is 0.0468 e. The van der Waals surface area contributed by atoms with Crippen molar-refractivity contribution < 1.29 is 0 Å². The molecule has 2 unspecified atom stereocenters. The van der Waals surface area contributed by atoms with Crippen molar-refractivity contribution in [3.8, 4) is 0 Å². The van der Waals surface area contributed by atoms with Crippen LogP contribution in [0, 0.1) is 5.92 Å². The zero-order chi connectivity index (χ0) is 13.8. The largest absolute Gasteiger partial charge is 0.330 e. The molecule has 2 nitrogen and oxygen atoms in total. The smallest absolute Gasteiger partial charge is 0.0468 e. The summed E-state index contributed by atoms with van der Waals surface area (Å²) in [7, 11) is 0. The molecule has 2 rings (SSSR count). The molecule has 1 fully saturated rings. The Balaban J connectivity index is 2.39. The van der Waals surface area contributed by atoms with Gasteiger partial charge >= 0.3 is 0 Å². The summed E-state index contributed by atoms with van der Waals surface area (Å²) in [4.78, 5) is 2.50. The highest BCUT2D eigenvalue weighted by Crippen LogP contribution is 2.38. The van der Waals surface area contributed by atoms with Gasteiger partial charge in [-0.1, -0.05) is 42.6 Å². The molecule has 1 aromatic rings. The number of hydrogen-bond donors (Lipinski definition) is 1. The van der Waals surface area contributed by atoms with E-state index in [0.717, 1.165) is 18.1 Å². The molecule has 1 saturated heterocycles. The second-order valence-electron chi connectivity index (χ2n) is 5.23. The fourth-order valence-electron chi connectivity index (χ4n) is 3.11. The van der Waals surface area contributed by atoms with Crippen LogP contribution in [0.5, 0.6) is 0 Å². The lowest BCUT2D eigenvalue weighted by Crippen LogP contribution is -2.35. The Kier molecular flexibility index (Phi) is 5.52. The molecular weight excluding hydrogens is 279 g/mol. The van der Waals surface area contributed by atoms with Crippen LogP contribution in [-0.4, -0.2) is 24.5 Å². The second-order valence-corrected chi connectivity index (χ2v) is 6.07. The van der Waals surface area contributed by atoms with E-state index >= 15 is 0 Å². The molecule has 1 aliphatic heterocycles. The van der Waals surface area contributed by atoms with Gasteiger partial charge in [0, 0.05) is 16.1 Å². The van der Waals surface area contributed by atoms with Crippen molar-refractivity contribution in [2.24, 2.45) is 11.7 Å². The number of benzene rings is 1. The summed E-state index contributed by atoms with van der Waals surface area (Å²) in [5, 5.41) is 1.45. The van der Waals surface area contributed by atoms with Crippen LogP contribution in [0.4, 0.5) is 0 Å². The van der Waals surface area contributed by atoms with Crippen LogP contribution in [0.15, 0.2) is 18.2 Å². The van der Waals surface area contributed by atoms with Crippen molar-refractivity contribution in [3.63, 3.8) is 0 Å². The van der Waals surface area contributed by atoms with E-state index in [-0.39, 0.29) is 0 Å². The first-order valence-electron chi connectivity index (χ1n) is 7.06. The van der Waals surface area contributed by atoms with E-state index in [1.165, 1.54) is 24.8 Å². The van der Waals surface area contributed by atoms with Crippen LogP contribution >= 0.6 is 23.2 Å². The summed E-state index contributed by atoms with van der Waals surface area (Å²) in [6, 6.07) is 6.15. The Bertz CT molecular complexity index is 409. The molecule has 19 heavy (non-hydrogen) atoms. The molecule has 106 valence electrons. The Morgan fingerprint density at radius 3 is 2.74 bits per heavy atom. The van der Waals surface area contributed by atoms with Gasteiger partial charge in [0.15, 0.2) is 0 Å². The molecule has 0 aliphatic carbocycles. The van der Waals surface area contributed by atoms with E-state index in [1.807, 2.05) is 12.1 Å². The first-order valence-corrected chi connectivity index (χ1v) is 7.82. The summed E-state index contributed by atoms with van der Waals surface area (Å²) in [5.74, 6) is 0.473. The average molecular weight is 301 g/mol. The molecule has 4 heteroatoms. The van der Waals surface area contributed by atoms with Crippen molar-refractivity contribution in [2.75, 3.05) is 19.6 Å². The highest BCUT2D eigenvalue weighted by Gasteiger charge is 2.30. The van der Waals surface area contributed by atoms with Gasteiger partial charge in [0.1, 0.15) is 0 Å². The van der Waals surface area contributed by atoms with Gasteiger partial charge < -0.3 is 5.73 Å². The van der Waals surface area contributed by atoms with Gasteiger partial charge in [-0.3, -0.25) is 4.90 Å². The Hall–Kier alpha value is -0.280. The highest BCUT2D eigenvalue weighted by molar-refractivity contribution is 6.35. The van der Waals surface area contributed by atoms with Crippen molar-refractivity contribution in [2.45, 2.75) is 32.2 Å². The predicted molar refractivity (Wildman–Crippen MR) is 82.8 cm³/mol. The molecule has 1 aliphatic rings. The monoisotopic (exact) mass is 300 g/mol.